The minimum absolute atomic E-state index is 0.154. The van der Waals surface area contributed by atoms with Crippen LogP contribution in [0, 0.1) is 5.92 Å². The first-order chi connectivity index (χ1) is 10.3. The van der Waals surface area contributed by atoms with E-state index in [4.69, 9.17) is 4.74 Å². The number of carbonyl (C=O) groups is 1. The number of benzene rings is 2. The van der Waals surface area contributed by atoms with E-state index < -0.39 is 0 Å². The second-order valence-electron chi connectivity index (χ2n) is 5.22. The Morgan fingerprint density at radius 3 is 2.33 bits per heavy atom. The van der Waals surface area contributed by atoms with E-state index in [1.807, 2.05) is 54.6 Å². The van der Waals surface area contributed by atoms with E-state index in [-0.39, 0.29) is 6.03 Å². The van der Waals surface area contributed by atoms with Crippen molar-refractivity contribution in [2.45, 2.75) is 12.8 Å². The van der Waals surface area contributed by atoms with E-state index in [0.29, 0.717) is 5.92 Å². The summed E-state index contributed by atoms with van der Waals surface area (Å²) in [5, 5.41) is 5.68. The first kappa shape index (κ1) is 13.5. The van der Waals surface area contributed by atoms with Gasteiger partial charge in [0.2, 0.25) is 0 Å². The second kappa shape index (κ2) is 6.31. The van der Waals surface area contributed by atoms with Crippen LogP contribution in [-0.4, -0.2) is 12.6 Å². The summed E-state index contributed by atoms with van der Waals surface area (Å²) in [6, 6.07) is 16.8. The van der Waals surface area contributed by atoms with Gasteiger partial charge < -0.3 is 15.4 Å². The Kier molecular flexibility index (Phi) is 4.05. The molecule has 3 rings (SSSR count). The molecule has 2 amide bonds. The fraction of sp³-hybridized carbons (Fsp3) is 0.235. The van der Waals surface area contributed by atoms with Crippen LogP contribution in [0.25, 0.3) is 0 Å². The standard InChI is InChI=1S/C17H18N2O2/c20-17(18-12-13-6-7-13)19-14-8-10-16(11-9-14)21-15-4-2-1-3-5-15/h1-5,8-11,13H,6-7,12H2,(H2,18,19,20). The SMILES string of the molecule is O=C(NCC1CC1)Nc1ccc(Oc2ccccc2)cc1. The van der Waals surface area contributed by atoms with Crippen molar-refractivity contribution in [3.63, 3.8) is 0 Å². The van der Waals surface area contributed by atoms with Gasteiger partial charge in [0.25, 0.3) is 0 Å². The maximum absolute atomic E-state index is 11.7. The number of rotatable bonds is 5. The van der Waals surface area contributed by atoms with Gasteiger partial charge in [0, 0.05) is 12.2 Å². The Morgan fingerprint density at radius 2 is 1.67 bits per heavy atom. The smallest absolute Gasteiger partial charge is 0.319 e. The molecule has 4 heteroatoms. The maximum atomic E-state index is 11.7. The molecular formula is C17H18N2O2. The zero-order valence-electron chi connectivity index (χ0n) is 11.7. The Balaban J connectivity index is 1.52. The second-order valence-corrected chi connectivity index (χ2v) is 5.22. The largest absolute Gasteiger partial charge is 0.457 e. The molecule has 0 unspecified atom stereocenters. The van der Waals surface area contributed by atoms with Gasteiger partial charge in [0.05, 0.1) is 0 Å². The molecule has 2 aromatic carbocycles. The molecule has 21 heavy (non-hydrogen) atoms. The summed E-state index contributed by atoms with van der Waals surface area (Å²) in [6.07, 6.45) is 2.46. The highest BCUT2D eigenvalue weighted by Gasteiger charge is 2.21. The molecule has 0 heterocycles. The molecule has 1 aliphatic rings. The zero-order chi connectivity index (χ0) is 14.5. The lowest BCUT2D eigenvalue weighted by Gasteiger charge is -2.09. The molecule has 0 spiro atoms. The van der Waals surface area contributed by atoms with Crippen molar-refractivity contribution < 1.29 is 9.53 Å². The van der Waals surface area contributed by atoms with Crippen LogP contribution in [0.1, 0.15) is 12.8 Å². The summed E-state index contributed by atoms with van der Waals surface area (Å²) in [4.78, 5) is 11.7. The van der Waals surface area contributed by atoms with Gasteiger partial charge in [-0.3, -0.25) is 0 Å². The lowest BCUT2D eigenvalue weighted by atomic mass is 10.3. The number of nitrogens with one attached hydrogen (secondary N) is 2. The number of hydrogen-bond acceptors (Lipinski definition) is 2. The van der Waals surface area contributed by atoms with E-state index >= 15 is 0 Å². The van der Waals surface area contributed by atoms with Gasteiger partial charge in [-0.2, -0.15) is 0 Å². The molecule has 1 aliphatic carbocycles. The summed E-state index contributed by atoms with van der Waals surface area (Å²) >= 11 is 0. The Morgan fingerprint density at radius 1 is 1.00 bits per heavy atom. The monoisotopic (exact) mass is 282 g/mol. The number of urea groups is 1. The average molecular weight is 282 g/mol. The Bertz CT molecular complexity index is 592. The molecule has 0 atom stereocenters. The number of ether oxygens (including phenoxy) is 1. The normalized spacial score (nSPS) is 13.5. The average Bonchev–Trinajstić information content (AvgIpc) is 3.33. The minimum Gasteiger partial charge on any atom is -0.457 e. The summed E-state index contributed by atoms with van der Waals surface area (Å²) in [5.41, 5.74) is 0.753. The molecular weight excluding hydrogens is 264 g/mol. The van der Waals surface area contributed by atoms with Crippen molar-refractivity contribution in [2.24, 2.45) is 5.92 Å². The molecule has 0 aliphatic heterocycles. The van der Waals surface area contributed by atoms with Crippen LogP contribution < -0.4 is 15.4 Å². The quantitative estimate of drug-likeness (QED) is 0.870. The van der Waals surface area contributed by atoms with Crippen LogP contribution in [0.2, 0.25) is 0 Å². The van der Waals surface area contributed by atoms with E-state index in [0.717, 1.165) is 23.7 Å². The number of amides is 2. The molecule has 4 nitrogen and oxygen atoms in total. The van der Waals surface area contributed by atoms with Crippen LogP contribution in [0.5, 0.6) is 11.5 Å². The summed E-state index contributed by atoms with van der Waals surface area (Å²) < 4.78 is 5.70. The van der Waals surface area contributed by atoms with Gasteiger partial charge >= 0.3 is 6.03 Å². The lowest BCUT2D eigenvalue weighted by molar-refractivity contribution is 0.251. The first-order valence-corrected chi connectivity index (χ1v) is 7.17. The van der Waals surface area contributed by atoms with Crippen molar-refractivity contribution >= 4 is 11.7 Å². The third-order valence-corrected chi connectivity index (χ3v) is 3.34. The fourth-order valence-electron chi connectivity index (χ4n) is 1.97. The van der Waals surface area contributed by atoms with Crippen molar-refractivity contribution in [3.05, 3.63) is 54.6 Å². The third-order valence-electron chi connectivity index (χ3n) is 3.34. The number of para-hydroxylation sites is 1. The topological polar surface area (TPSA) is 50.4 Å². The molecule has 0 aromatic heterocycles. The zero-order valence-corrected chi connectivity index (χ0v) is 11.7. The summed E-state index contributed by atoms with van der Waals surface area (Å²) in [6.45, 7) is 0.765. The Hall–Kier alpha value is -2.49. The fourth-order valence-corrected chi connectivity index (χ4v) is 1.97. The van der Waals surface area contributed by atoms with Gasteiger partial charge in [0.1, 0.15) is 11.5 Å². The minimum atomic E-state index is -0.154. The van der Waals surface area contributed by atoms with E-state index in [1.165, 1.54) is 12.8 Å². The number of carbonyl (C=O) groups excluding carboxylic acids is 1. The van der Waals surface area contributed by atoms with Gasteiger partial charge in [-0.15, -0.1) is 0 Å². The van der Waals surface area contributed by atoms with Crippen molar-refractivity contribution in [3.8, 4) is 11.5 Å². The van der Waals surface area contributed by atoms with Crippen molar-refractivity contribution in [1.82, 2.24) is 5.32 Å². The van der Waals surface area contributed by atoms with Crippen LogP contribution >= 0.6 is 0 Å². The van der Waals surface area contributed by atoms with Gasteiger partial charge in [-0.1, -0.05) is 18.2 Å². The van der Waals surface area contributed by atoms with E-state index in [9.17, 15) is 4.79 Å². The van der Waals surface area contributed by atoms with E-state index in [2.05, 4.69) is 10.6 Å². The van der Waals surface area contributed by atoms with Gasteiger partial charge in [-0.25, -0.2) is 4.79 Å². The highest BCUT2D eigenvalue weighted by Crippen LogP contribution is 2.27. The van der Waals surface area contributed by atoms with Crippen LogP contribution in [-0.2, 0) is 0 Å². The summed E-state index contributed by atoms with van der Waals surface area (Å²) in [5.74, 6) is 2.21. The molecule has 108 valence electrons. The predicted molar refractivity (Wildman–Crippen MR) is 82.7 cm³/mol. The molecule has 2 aromatic rings. The van der Waals surface area contributed by atoms with Crippen LogP contribution in [0.4, 0.5) is 10.5 Å². The lowest BCUT2D eigenvalue weighted by Crippen LogP contribution is -2.30. The highest BCUT2D eigenvalue weighted by molar-refractivity contribution is 5.89. The predicted octanol–water partition coefficient (Wildman–Crippen LogP) is 4.01. The molecule has 1 saturated carbocycles. The van der Waals surface area contributed by atoms with Gasteiger partial charge in [0.15, 0.2) is 0 Å². The molecule has 2 N–H and O–H groups in total. The number of anilines is 1. The molecule has 0 bridgehead atoms. The highest BCUT2D eigenvalue weighted by atomic mass is 16.5. The first-order valence-electron chi connectivity index (χ1n) is 7.17. The van der Waals surface area contributed by atoms with Crippen molar-refractivity contribution in [1.29, 1.82) is 0 Å². The summed E-state index contributed by atoms with van der Waals surface area (Å²) in [7, 11) is 0. The van der Waals surface area contributed by atoms with Crippen LogP contribution in [0.3, 0.4) is 0 Å². The molecule has 1 fully saturated rings. The van der Waals surface area contributed by atoms with Gasteiger partial charge in [-0.05, 0) is 55.2 Å². The third kappa shape index (κ3) is 4.24. The number of hydrogen-bond donors (Lipinski definition) is 2. The molecule has 0 radical (unpaired) electrons. The van der Waals surface area contributed by atoms with Crippen LogP contribution in [0.15, 0.2) is 54.6 Å². The van der Waals surface area contributed by atoms with E-state index in [1.54, 1.807) is 0 Å². The maximum Gasteiger partial charge on any atom is 0.319 e. The van der Waals surface area contributed by atoms with Crippen molar-refractivity contribution in [2.75, 3.05) is 11.9 Å². The Labute approximate surface area is 124 Å². The molecule has 0 saturated heterocycles.